The summed E-state index contributed by atoms with van der Waals surface area (Å²) in [5, 5.41) is 3.82. The molecule has 2 rings (SSSR count). The lowest BCUT2D eigenvalue weighted by atomic mass is 9.95. The van der Waals surface area contributed by atoms with Crippen LogP contribution in [0.3, 0.4) is 0 Å². The Morgan fingerprint density at radius 3 is 2.84 bits per heavy atom. The molecule has 6 nitrogen and oxygen atoms in total. The van der Waals surface area contributed by atoms with E-state index in [-0.39, 0.29) is 23.8 Å². The maximum atomic E-state index is 12.3. The molecular formula is C13H22N4O2. The second-order valence-electron chi connectivity index (χ2n) is 5.45. The van der Waals surface area contributed by atoms with Gasteiger partial charge in [-0.25, -0.2) is 0 Å². The molecule has 0 aliphatic carbocycles. The number of hydrogen-bond acceptors (Lipinski definition) is 5. The van der Waals surface area contributed by atoms with Crippen molar-refractivity contribution in [1.29, 1.82) is 0 Å². The van der Waals surface area contributed by atoms with Gasteiger partial charge in [-0.2, -0.15) is 4.98 Å². The highest BCUT2D eigenvalue weighted by Gasteiger charge is 2.31. The molecule has 0 radical (unpaired) electrons. The van der Waals surface area contributed by atoms with E-state index >= 15 is 0 Å². The summed E-state index contributed by atoms with van der Waals surface area (Å²) < 4.78 is 5.22. The summed E-state index contributed by atoms with van der Waals surface area (Å²) in [5.41, 5.74) is 5.80. The Hall–Kier alpha value is -1.43. The molecule has 19 heavy (non-hydrogen) atoms. The number of rotatable bonds is 3. The van der Waals surface area contributed by atoms with Crippen LogP contribution in [0.2, 0.25) is 0 Å². The van der Waals surface area contributed by atoms with Gasteiger partial charge in [0.05, 0.1) is 11.8 Å². The molecule has 0 spiro atoms. The Balaban J connectivity index is 2.03. The second kappa shape index (κ2) is 5.69. The third-order valence-electron chi connectivity index (χ3n) is 3.80. The summed E-state index contributed by atoms with van der Waals surface area (Å²) in [4.78, 5) is 18.4. The predicted octanol–water partition coefficient (Wildman–Crippen LogP) is 1.07. The van der Waals surface area contributed by atoms with Gasteiger partial charge in [-0.05, 0) is 26.7 Å². The molecule has 0 aromatic carbocycles. The summed E-state index contributed by atoms with van der Waals surface area (Å²) in [6.07, 6.45) is 1.95. The SMILES string of the molecule is Cc1noc(C2CCCN(C(=O)C(C)C(C)N)C2)n1. The van der Waals surface area contributed by atoms with E-state index in [2.05, 4.69) is 10.1 Å². The van der Waals surface area contributed by atoms with Gasteiger partial charge in [0.2, 0.25) is 11.8 Å². The first kappa shape index (κ1) is 14.0. The molecule has 1 aliphatic rings. The average Bonchev–Trinajstić information content (AvgIpc) is 2.84. The third kappa shape index (κ3) is 3.12. The molecule has 3 atom stereocenters. The van der Waals surface area contributed by atoms with Crippen molar-refractivity contribution in [3.05, 3.63) is 11.7 Å². The molecule has 2 N–H and O–H groups in total. The van der Waals surface area contributed by atoms with Gasteiger partial charge in [-0.3, -0.25) is 4.79 Å². The highest BCUT2D eigenvalue weighted by Crippen LogP contribution is 2.26. The van der Waals surface area contributed by atoms with E-state index in [1.807, 2.05) is 18.7 Å². The molecule has 1 aromatic heterocycles. The van der Waals surface area contributed by atoms with Crippen LogP contribution in [0, 0.1) is 12.8 Å². The number of carbonyl (C=O) groups excluding carboxylic acids is 1. The van der Waals surface area contributed by atoms with Crippen LogP contribution in [-0.2, 0) is 4.79 Å². The molecule has 106 valence electrons. The third-order valence-corrected chi connectivity index (χ3v) is 3.80. The van der Waals surface area contributed by atoms with Crippen molar-refractivity contribution in [3.8, 4) is 0 Å². The predicted molar refractivity (Wildman–Crippen MR) is 70.4 cm³/mol. The molecule has 1 amide bonds. The number of aryl methyl sites for hydroxylation is 1. The van der Waals surface area contributed by atoms with Crippen LogP contribution in [0.25, 0.3) is 0 Å². The Labute approximate surface area is 113 Å². The smallest absolute Gasteiger partial charge is 0.231 e. The second-order valence-corrected chi connectivity index (χ2v) is 5.45. The van der Waals surface area contributed by atoms with Crippen molar-refractivity contribution in [1.82, 2.24) is 15.0 Å². The van der Waals surface area contributed by atoms with Crippen molar-refractivity contribution in [2.24, 2.45) is 11.7 Å². The molecule has 0 saturated carbocycles. The number of nitrogens with zero attached hydrogens (tertiary/aromatic N) is 3. The fourth-order valence-corrected chi connectivity index (χ4v) is 2.37. The summed E-state index contributed by atoms with van der Waals surface area (Å²) in [6.45, 7) is 6.99. The van der Waals surface area contributed by atoms with E-state index in [0.29, 0.717) is 18.3 Å². The van der Waals surface area contributed by atoms with Crippen LogP contribution < -0.4 is 5.73 Å². The average molecular weight is 266 g/mol. The van der Waals surface area contributed by atoms with E-state index in [1.165, 1.54) is 0 Å². The fraction of sp³-hybridized carbons (Fsp3) is 0.769. The minimum atomic E-state index is -0.150. The molecule has 0 bridgehead atoms. The zero-order valence-corrected chi connectivity index (χ0v) is 11.8. The Kier molecular flexibility index (Phi) is 4.19. The maximum absolute atomic E-state index is 12.3. The van der Waals surface area contributed by atoms with Gasteiger partial charge in [0.25, 0.3) is 0 Å². The standard InChI is InChI=1S/C13H22N4O2/c1-8(9(2)14)13(18)17-6-4-5-11(7-17)12-15-10(3)16-19-12/h8-9,11H,4-7,14H2,1-3H3. The van der Waals surface area contributed by atoms with Crippen LogP contribution in [0.15, 0.2) is 4.52 Å². The molecule has 1 aromatic rings. The number of aromatic nitrogens is 2. The van der Waals surface area contributed by atoms with Crippen molar-refractivity contribution in [2.75, 3.05) is 13.1 Å². The number of nitrogens with two attached hydrogens (primary N) is 1. The van der Waals surface area contributed by atoms with Crippen LogP contribution in [0.5, 0.6) is 0 Å². The molecule has 1 saturated heterocycles. The highest BCUT2D eigenvalue weighted by atomic mass is 16.5. The molecule has 3 unspecified atom stereocenters. The van der Waals surface area contributed by atoms with Gasteiger partial charge < -0.3 is 15.2 Å². The van der Waals surface area contributed by atoms with E-state index < -0.39 is 0 Å². The summed E-state index contributed by atoms with van der Waals surface area (Å²) >= 11 is 0. The first-order chi connectivity index (χ1) is 8.99. The van der Waals surface area contributed by atoms with E-state index in [4.69, 9.17) is 10.3 Å². The van der Waals surface area contributed by atoms with Crippen molar-refractivity contribution in [3.63, 3.8) is 0 Å². The van der Waals surface area contributed by atoms with Crippen LogP contribution in [0.1, 0.15) is 44.3 Å². The number of carbonyl (C=O) groups is 1. The Morgan fingerprint density at radius 2 is 2.26 bits per heavy atom. The Morgan fingerprint density at radius 1 is 1.53 bits per heavy atom. The molecular weight excluding hydrogens is 244 g/mol. The number of amides is 1. The Bertz CT molecular complexity index is 444. The van der Waals surface area contributed by atoms with Crippen molar-refractivity contribution < 1.29 is 9.32 Å². The van der Waals surface area contributed by atoms with Crippen LogP contribution >= 0.6 is 0 Å². The van der Waals surface area contributed by atoms with Gasteiger partial charge in [0.1, 0.15) is 0 Å². The lowest BCUT2D eigenvalue weighted by molar-refractivity contribution is -0.136. The molecule has 1 aliphatic heterocycles. The van der Waals surface area contributed by atoms with Gasteiger partial charge in [-0.1, -0.05) is 12.1 Å². The van der Waals surface area contributed by atoms with E-state index in [0.717, 1.165) is 19.4 Å². The van der Waals surface area contributed by atoms with Gasteiger partial charge >= 0.3 is 0 Å². The number of hydrogen-bond donors (Lipinski definition) is 1. The quantitative estimate of drug-likeness (QED) is 0.884. The van der Waals surface area contributed by atoms with E-state index in [1.54, 1.807) is 6.92 Å². The summed E-state index contributed by atoms with van der Waals surface area (Å²) in [6, 6.07) is -0.126. The zero-order valence-electron chi connectivity index (χ0n) is 11.8. The summed E-state index contributed by atoms with van der Waals surface area (Å²) in [5.74, 6) is 1.41. The summed E-state index contributed by atoms with van der Waals surface area (Å²) in [7, 11) is 0. The molecule has 6 heteroatoms. The molecule has 1 fully saturated rings. The number of likely N-dealkylation sites (tertiary alicyclic amines) is 1. The van der Waals surface area contributed by atoms with Crippen LogP contribution in [-0.4, -0.2) is 40.1 Å². The lowest BCUT2D eigenvalue weighted by Gasteiger charge is -2.33. The maximum Gasteiger partial charge on any atom is 0.231 e. The number of piperidine rings is 1. The fourth-order valence-electron chi connectivity index (χ4n) is 2.37. The molecule has 2 heterocycles. The van der Waals surface area contributed by atoms with Crippen LogP contribution in [0.4, 0.5) is 0 Å². The van der Waals surface area contributed by atoms with Gasteiger partial charge in [0.15, 0.2) is 5.82 Å². The normalized spacial score (nSPS) is 23.2. The highest BCUT2D eigenvalue weighted by molar-refractivity contribution is 5.79. The van der Waals surface area contributed by atoms with Gasteiger partial charge in [-0.15, -0.1) is 0 Å². The topological polar surface area (TPSA) is 85.2 Å². The largest absolute Gasteiger partial charge is 0.342 e. The van der Waals surface area contributed by atoms with E-state index in [9.17, 15) is 4.79 Å². The lowest BCUT2D eigenvalue weighted by Crippen LogP contribution is -2.45. The van der Waals surface area contributed by atoms with Crippen molar-refractivity contribution in [2.45, 2.75) is 45.6 Å². The zero-order chi connectivity index (χ0) is 14.0. The minimum absolute atomic E-state index is 0.121. The first-order valence-corrected chi connectivity index (χ1v) is 6.83. The minimum Gasteiger partial charge on any atom is -0.342 e. The van der Waals surface area contributed by atoms with Crippen molar-refractivity contribution >= 4 is 5.91 Å². The first-order valence-electron chi connectivity index (χ1n) is 6.83. The monoisotopic (exact) mass is 266 g/mol. The van der Waals surface area contributed by atoms with Gasteiger partial charge in [0, 0.05) is 19.1 Å².